The smallest absolute Gasteiger partial charge is 0.271 e. The number of aryl methyl sites for hydroxylation is 1. The van der Waals surface area contributed by atoms with Gasteiger partial charge in [-0.25, -0.2) is 0 Å². The average Bonchev–Trinajstić information content (AvgIpc) is 2.94. The number of benzene rings is 1. The maximum atomic E-state index is 11.9. The standard InChI is InChI=1S/C14H19N3O3/c1-11-4-5-12(17(19)20)10-13(11)15-7-6-14(18)16-8-2-3-9-16/h4-5,10,15H,2-3,6-9H2,1H3. The van der Waals surface area contributed by atoms with E-state index >= 15 is 0 Å². The second kappa shape index (κ2) is 6.36. The molecule has 0 bridgehead atoms. The summed E-state index contributed by atoms with van der Waals surface area (Å²) in [5.41, 5.74) is 1.71. The fourth-order valence-corrected chi connectivity index (χ4v) is 2.34. The summed E-state index contributed by atoms with van der Waals surface area (Å²) in [5, 5.41) is 13.8. The number of hydrogen-bond donors (Lipinski definition) is 1. The van der Waals surface area contributed by atoms with Crippen LogP contribution in [0.2, 0.25) is 0 Å². The summed E-state index contributed by atoms with van der Waals surface area (Å²) in [6.07, 6.45) is 2.59. The summed E-state index contributed by atoms with van der Waals surface area (Å²) in [6.45, 7) is 4.09. The van der Waals surface area contributed by atoms with Crippen LogP contribution in [0.25, 0.3) is 0 Å². The summed E-state index contributed by atoms with van der Waals surface area (Å²) >= 11 is 0. The number of hydrogen-bond acceptors (Lipinski definition) is 4. The first-order chi connectivity index (χ1) is 9.58. The molecule has 108 valence electrons. The van der Waals surface area contributed by atoms with E-state index < -0.39 is 4.92 Å². The van der Waals surface area contributed by atoms with E-state index in [1.807, 2.05) is 11.8 Å². The molecule has 1 saturated heterocycles. The van der Waals surface area contributed by atoms with Crippen LogP contribution in [0.15, 0.2) is 18.2 Å². The van der Waals surface area contributed by atoms with Crippen LogP contribution in [0.3, 0.4) is 0 Å². The third-order valence-electron chi connectivity index (χ3n) is 3.55. The number of carbonyl (C=O) groups excluding carboxylic acids is 1. The van der Waals surface area contributed by atoms with Gasteiger partial charge >= 0.3 is 0 Å². The highest BCUT2D eigenvalue weighted by atomic mass is 16.6. The normalized spacial score (nSPS) is 14.3. The number of nitrogens with one attached hydrogen (secondary N) is 1. The molecule has 0 saturated carbocycles. The Balaban J connectivity index is 1.88. The molecule has 0 radical (unpaired) electrons. The van der Waals surface area contributed by atoms with Crippen LogP contribution in [0.1, 0.15) is 24.8 Å². The van der Waals surface area contributed by atoms with Gasteiger partial charge in [0, 0.05) is 43.9 Å². The zero-order valence-corrected chi connectivity index (χ0v) is 11.6. The van der Waals surface area contributed by atoms with Crippen molar-refractivity contribution in [1.82, 2.24) is 4.90 Å². The van der Waals surface area contributed by atoms with E-state index in [4.69, 9.17) is 0 Å². The molecule has 1 aromatic rings. The van der Waals surface area contributed by atoms with Gasteiger partial charge in [-0.2, -0.15) is 0 Å². The first-order valence-corrected chi connectivity index (χ1v) is 6.84. The van der Waals surface area contributed by atoms with Gasteiger partial charge in [-0.3, -0.25) is 14.9 Å². The molecule has 1 amide bonds. The predicted molar refractivity (Wildman–Crippen MR) is 76.8 cm³/mol. The lowest BCUT2D eigenvalue weighted by Gasteiger charge is -2.16. The molecule has 0 aliphatic carbocycles. The molecule has 1 aromatic carbocycles. The van der Waals surface area contributed by atoms with Gasteiger partial charge in [0.25, 0.3) is 5.69 Å². The molecule has 6 heteroatoms. The molecule has 1 aliphatic heterocycles. The molecular weight excluding hydrogens is 258 g/mol. The Bertz CT molecular complexity index is 510. The Morgan fingerprint density at radius 1 is 1.40 bits per heavy atom. The van der Waals surface area contributed by atoms with E-state index in [1.54, 1.807) is 6.07 Å². The Hall–Kier alpha value is -2.11. The number of carbonyl (C=O) groups is 1. The second-order valence-corrected chi connectivity index (χ2v) is 5.02. The number of amides is 1. The minimum Gasteiger partial charge on any atom is -0.384 e. The number of non-ortho nitro benzene ring substituents is 1. The van der Waals surface area contributed by atoms with E-state index in [2.05, 4.69) is 5.32 Å². The molecule has 2 rings (SSSR count). The largest absolute Gasteiger partial charge is 0.384 e. The molecule has 0 aromatic heterocycles. The molecule has 20 heavy (non-hydrogen) atoms. The fraction of sp³-hybridized carbons (Fsp3) is 0.500. The molecule has 0 spiro atoms. The Morgan fingerprint density at radius 2 is 2.10 bits per heavy atom. The van der Waals surface area contributed by atoms with Crippen LogP contribution in [0, 0.1) is 17.0 Å². The second-order valence-electron chi connectivity index (χ2n) is 5.02. The van der Waals surface area contributed by atoms with Crippen molar-refractivity contribution in [3.8, 4) is 0 Å². The maximum Gasteiger partial charge on any atom is 0.271 e. The van der Waals surface area contributed by atoms with Crippen LogP contribution < -0.4 is 5.32 Å². The van der Waals surface area contributed by atoms with Crippen molar-refractivity contribution in [2.24, 2.45) is 0 Å². The minimum atomic E-state index is -0.417. The van der Waals surface area contributed by atoms with Crippen LogP contribution in [0.4, 0.5) is 11.4 Å². The highest BCUT2D eigenvalue weighted by Crippen LogP contribution is 2.21. The zero-order valence-electron chi connectivity index (χ0n) is 11.6. The van der Waals surface area contributed by atoms with Crippen molar-refractivity contribution in [1.29, 1.82) is 0 Å². The van der Waals surface area contributed by atoms with Crippen LogP contribution in [-0.2, 0) is 4.79 Å². The van der Waals surface area contributed by atoms with Gasteiger partial charge in [0.05, 0.1) is 4.92 Å². The van der Waals surface area contributed by atoms with Gasteiger partial charge < -0.3 is 10.2 Å². The summed E-state index contributed by atoms with van der Waals surface area (Å²) < 4.78 is 0. The first-order valence-electron chi connectivity index (χ1n) is 6.84. The molecule has 1 fully saturated rings. The lowest BCUT2D eigenvalue weighted by molar-refractivity contribution is -0.384. The summed E-state index contributed by atoms with van der Waals surface area (Å²) in [5.74, 6) is 0.151. The first kappa shape index (κ1) is 14.3. The zero-order chi connectivity index (χ0) is 14.5. The number of anilines is 1. The predicted octanol–water partition coefficient (Wildman–Crippen LogP) is 2.33. The van der Waals surface area contributed by atoms with E-state index in [-0.39, 0.29) is 11.6 Å². The van der Waals surface area contributed by atoms with Crippen molar-refractivity contribution in [2.75, 3.05) is 25.0 Å². The monoisotopic (exact) mass is 277 g/mol. The van der Waals surface area contributed by atoms with Crippen molar-refractivity contribution in [3.63, 3.8) is 0 Å². The fourth-order valence-electron chi connectivity index (χ4n) is 2.34. The molecule has 6 nitrogen and oxygen atoms in total. The van der Waals surface area contributed by atoms with Gasteiger partial charge in [0.2, 0.25) is 5.91 Å². The summed E-state index contributed by atoms with van der Waals surface area (Å²) in [4.78, 5) is 24.1. The van der Waals surface area contributed by atoms with Gasteiger partial charge in [0.1, 0.15) is 0 Å². The van der Waals surface area contributed by atoms with E-state index in [0.29, 0.717) is 18.7 Å². The van der Waals surface area contributed by atoms with Crippen molar-refractivity contribution in [2.45, 2.75) is 26.2 Å². The Morgan fingerprint density at radius 3 is 2.75 bits per heavy atom. The van der Waals surface area contributed by atoms with Crippen LogP contribution in [-0.4, -0.2) is 35.4 Å². The minimum absolute atomic E-state index is 0.0592. The molecule has 1 heterocycles. The maximum absolute atomic E-state index is 11.9. The van der Waals surface area contributed by atoms with Gasteiger partial charge in [0.15, 0.2) is 0 Å². The topological polar surface area (TPSA) is 75.5 Å². The molecule has 0 unspecified atom stereocenters. The number of nitro benzene ring substituents is 1. The van der Waals surface area contributed by atoms with Gasteiger partial charge in [-0.05, 0) is 25.3 Å². The van der Waals surface area contributed by atoms with Crippen LogP contribution >= 0.6 is 0 Å². The molecule has 1 aliphatic rings. The molecule has 0 atom stereocenters. The van der Waals surface area contributed by atoms with Gasteiger partial charge in [-0.15, -0.1) is 0 Å². The third kappa shape index (κ3) is 3.46. The van der Waals surface area contributed by atoms with E-state index in [0.717, 1.165) is 31.5 Å². The van der Waals surface area contributed by atoms with Gasteiger partial charge in [-0.1, -0.05) is 6.07 Å². The Kier molecular flexibility index (Phi) is 4.55. The lowest BCUT2D eigenvalue weighted by Crippen LogP contribution is -2.29. The number of nitro groups is 1. The van der Waals surface area contributed by atoms with Crippen molar-refractivity contribution in [3.05, 3.63) is 33.9 Å². The van der Waals surface area contributed by atoms with Crippen molar-refractivity contribution >= 4 is 17.3 Å². The molecule has 1 N–H and O–H groups in total. The van der Waals surface area contributed by atoms with E-state index in [9.17, 15) is 14.9 Å². The lowest BCUT2D eigenvalue weighted by atomic mass is 10.2. The number of nitrogens with zero attached hydrogens (tertiary/aromatic N) is 2. The summed E-state index contributed by atoms with van der Waals surface area (Å²) in [6, 6.07) is 4.70. The third-order valence-corrected chi connectivity index (χ3v) is 3.55. The number of rotatable bonds is 5. The highest BCUT2D eigenvalue weighted by molar-refractivity contribution is 5.77. The molecular formula is C14H19N3O3. The SMILES string of the molecule is Cc1ccc([N+](=O)[O-])cc1NCCC(=O)N1CCCC1. The quantitative estimate of drug-likeness (QED) is 0.662. The highest BCUT2D eigenvalue weighted by Gasteiger charge is 2.17. The Labute approximate surface area is 117 Å². The average molecular weight is 277 g/mol. The summed E-state index contributed by atoms with van der Waals surface area (Å²) in [7, 11) is 0. The number of likely N-dealkylation sites (tertiary alicyclic amines) is 1. The van der Waals surface area contributed by atoms with E-state index in [1.165, 1.54) is 12.1 Å². The van der Waals surface area contributed by atoms with Crippen molar-refractivity contribution < 1.29 is 9.72 Å². The van der Waals surface area contributed by atoms with Crippen LogP contribution in [0.5, 0.6) is 0 Å².